The van der Waals surface area contributed by atoms with E-state index in [-0.39, 0.29) is 5.97 Å². The van der Waals surface area contributed by atoms with Crippen LogP contribution in [-0.2, 0) is 21.5 Å². The number of rotatable bonds is 11. The molecule has 35 heavy (non-hydrogen) atoms. The van der Waals surface area contributed by atoms with Gasteiger partial charge in [0.25, 0.3) is 0 Å². The number of carbonyl (C=O) groups is 1. The number of hydrogen-bond acceptors (Lipinski definition) is 7. The van der Waals surface area contributed by atoms with Crippen molar-refractivity contribution in [3.8, 4) is 17.1 Å². The quantitative estimate of drug-likeness (QED) is 0.148. The van der Waals surface area contributed by atoms with Gasteiger partial charge in [-0.25, -0.2) is 9.78 Å². The third-order valence-electron chi connectivity index (χ3n) is 5.31. The largest absolute Gasteiger partial charge is 0.476 e. The molecule has 0 spiro atoms. The maximum atomic E-state index is 12.7. The summed E-state index contributed by atoms with van der Waals surface area (Å²) in [6.07, 6.45) is -2.13. The molecule has 0 fully saturated rings. The second kappa shape index (κ2) is 11.9. The van der Waals surface area contributed by atoms with Crippen LogP contribution in [0.15, 0.2) is 53.4 Å². The van der Waals surface area contributed by atoms with Gasteiger partial charge in [0.15, 0.2) is 5.82 Å². The zero-order chi connectivity index (χ0) is 25.5. The average molecular weight is 525 g/mol. The summed E-state index contributed by atoms with van der Waals surface area (Å²) in [5.74, 6) is 1.18. The zero-order valence-electron chi connectivity index (χ0n) is 19.7. The van der Waals surface area contributed by atoms with Gasteiger partial charge in [-0.05, 0) is 67.7 Å². The minimum Gasteiger partial charge on any atom is -0.476 e. The molecule has 0 bridgehead atoms. The lowest BCUT2D eigenvalue weighted by Crippen LogP contribution is -2.42. The highest BCUT2D eigenvalue weighted by Crippen LogP contribution is 2.32. The monoisotopic (exact) mass is 524 g/mol. The SMILES string of the molecule is CCCCOC(=O)C(C)(CC)Oc1ccc(SCc2nc(-c3ccc(C(F)(F)F)cc3)ns2)cc1. The minimum absolute atomic E-state index is 0.368. The molecule has 5 nitrogen and oxygen atoms in total. The Hall–Kier alpha value is -2.59. The van der Waals surface area contributed by atoms with Crippen LogP contribution in [0.1, 0.15) is 50.6 Å². The molecule has 3 aromatic rings. The van der Waals surface area contributed by atoms with Gasteiger partial charge in [0.1, 0.15) is 10.8 Å². The molecule has 0 radical (unpaired) electrons. The maximum absolute atomic E-state index is 12.7. The second-order valence-corrected chi connectivity index (χ2v) is 9.91. The van der Waals surface area contributed by atoms with Gasteiger partial charge in [-0.3, -0.25) is 0 Å². The first kappa shape index (κ1) is 27.0. The Labute approximate surface area is 211 Å². The zero-order valence-corrected chi connectivity index (χ0v) is 21.4. The number of alkyl halides is 3. The summed E-state index contributed by atoms with van der Waals surface area (Å²) in [4.78, 5) is 17.9. The van der Waals surface area contributed by atoms with Crippen LogP contribution in [0.5, 0.6) is 5.75 Å². The predicted octanol–water partition coefficient (Wildman–Crippen LogP) is 7.41. The molecule has 0 aliphatic carbocycles. The molecule has 0 aliphatic heterocycles. The van der Waals surface area contributed by atoms with E-state index in [0.29, 0.717) is 35.9 Å². The molecule has 0 N–H and O–H groups in total. The Bertz CT molecular complexity index is 1100. The number of ether oxygens (including phenoxy) is 2. The molecular formula is C25H27F3N2O3S2. The number of hydrogen-bond donors (Lipinski definition) is 0. The standard InChI is InChI=1S/C25H27F3N2O3S2/c1-4-6-15-32-23(31)24(3,5-2)33-19-11-13-20(14-12-19)34-16-21-29-22(30-35-21)17-7-9-18(10-8-17)25(26,27)28/h7-14H,4-6,15-16H2,1-3H3. The van der Waals surface area contributed by atoms with Crippen molar-refractivity contribution >= 4 is 29.3 Å². The fourth-order valence-electron chi connectivity index (χ4n) is 2.97. The Kier molecular flexibility index (Phi) is 9.18. The Morgan fingerprint density at radius 2 is 1.74 bits per heavy atom. The lowest BCUT2D eigenvalue weighted by Gasteiger charge is -2.27. The van der Waals surface area contributed by atoms with E-state index in [1.807, 2.05) is 38.1 Å². The van der Waals surface area contributed by atoms with Gasteiger partial charge in [-0.2, -0.15) is 17.5 Å². The van der Waals surface area contributed by atoms with Crippen molar-refractivity contribution in [2.75, 3.05) is 6.61 Å². The smallest absolute Gasteiger partial charge is 0.416 e. The lowest BCUT2D eigenvalue weighted by atomic mass is 10.0. The molecule has 10 heteroatoms. The van der Waals surface area contributed by atoms with Crippen molar-refractivity contribution in [2.45, 2.75) is 62.5 Å². The van der Waals surface area contributed by atoms with Crippen molar-refractivity contribution in [1.82, 2.24) is 9.36 Å². The fourth-order valence-corrected chi connectivity index (χ4v) is 4.50. The van der Waals surface area contributed by atoms with Gasteiger partial charge >= 0.3 is 12.1 Å². The van der Waals surface area contributed by atoms with Crippen LogP contribution in [0.2, 0.25) is 0 Å². The van der Waals surface area contributed by atoms with E-state index in [1.165, 1.54) is 23.7 Å². The van der Waals surface area contributed by atoms with Gasteiger partial charge in [0.2, 0.25) is 5.60 Å². The van der Waals surface area contributed by atoms with Crippen LogP contribution in [0, 0.1) is 0 Å². The number of esters is 1. The van der Waals surface area contributed by atoms with Crippen LogP contribution in [-0.4, -0.2) is 27.5 Å². The summed E-state index contributed by atoms with van der Waals surface area (Å²) in [6, 6.07) is 12.2. The molecule has 3 rings (SSSR count). The number of nitrogens with zero attached hydrogens (tertiary/aromatic N) is 2. The van der Waals surface area contributed by atoms with E-state index in [1.54, 1.807) is 18.7 Å². The molecule has 188 valence electrons. The highest BCUT2D eigenvalue weighted by molar-refractivity contribution is 7.98. The first-order chi connectivity index (χ1) is 16.6. The van der Waals surface area contributed by atoms with E-state index >= 15 is 0 Å². The number of halogens is 3. The van der Waals surface area contributed by atoms with Crippen LogP contribution < -0.4 is 4.74 Å². The molecule has 2 aromatic carbocycles. The van der Waals surface area contributed by atoms with Gasteiger partial charge in [-0.15, -0.1) is 11.8 Å². The molecular weight excluding hydrogens is 497 g/mol. The maximum Gasteiger partial charge on any atom is 0.416 e. The van der Waals surface area contributed by atoms with Gasteiger partial charge in [0, 0.05) is 10.5 Å². The van der Waals surface area contributed by atoms with E-state index in [9.17, 15) is 18.0 Å². The number of benzene rings is 2. The van der Waals surface area contributed by atoms with Crippen molar-refractivity contribution in [3.05, 3.63) is 59.1 Å². The average Bonchev–Trinajstić information content (AvgIpc) is 3.32. The van der Waals surface area contributed by atoms with Crippen molar-refractivity contribution in [1.29, 1.82) is 0 Å². The summed E-state index contributed by atoms with van der Waals surface area (Å²) < 4.78 is 53.8. The Morgan fingerprint density at radius 3 is 2.34 bits per heavy atom. The summed E-state index contributed by atoms with van der Waals surface area (Å²) in [5, 5.41) is 0.763. The molecule has 1 aromatic heterocycles. The van der Waals surface area contributed by atoms with Gasteiger partial charge in [-0.1, -0.05) is 32.4 Å². The highest BCUT2D eigenvalue weighted by atomic mass is 32.2. The molecule has 0 saturated heterocycles. The topological polar surface area (TPSA) is 61.3 Å². The molecule has 1 heterocycles. The first-order valence-corrected chi connectivity index (χ1v) is 13.0. The minimum atomic E-state index is -4.37. The second-order valence-electron chi connectivity index (χ2n) is 8.02. The van der Waals surface area contributed by atoms with Gasteiger partial charge in [0.05, 0.1) is 17.9 Å². The summed E-state index contributed by atoms with van der Waals surface area (Å²) in [6.45, 7) is 6.03. The van der Waals surface area contributed by atoms with E-state index < -0.39 is 17.3 Å². The van der Waals surface area contributed by atoms with Crippen LogP contribution >= 0.6 is 23.3 Å². The molecule has 0 saturated carbocycles. The predicted molar refractivity (Wildman–Crippen MR) is 132 cm³/mol. The molecule has 1 unspecified atom stereocenters. The number of unbranched alkanes of at least 4 members (excludes halogenated alkanes) is 1. The third-order valence-corrected chi connectivity index (χ3v) is 7.22. The normalized spacial score (nSPS) is 13.3. The van der Waals surface area contributed by atoms with Crippen LogP contribution in [0.3, 0.4) is 0 Å². The molecule has 0 aliphatic rings. The van der Waals surface area contributed by atoms with Crippen molar-refractivity contribution in [2.24, 2.45) is 0 Å². The van der Waals surface area contributed by atoms with E-state index in [4.69, 9.17) is 9.47 Å². The Balaban J connectivity index is 1.56. The lowest BCUT2D eigenvalue weighted by molar-refractivity contribution is -0.161. The van der Waals surface area contributed by atoms with Gasteiger partial charge < -0.3 is 9.47 Å². The summed E-state index contributed by atoms with van der Waals surface area (Å²) in [5.41, 5.74) is -1.21. The summed E-state index contributed by atoms with van der Waals surface area (Å²) >= 11 is 2.77. The molecule has 0 amide bonds. The third kappa shape index (κ3) is 7.44. The fraction of sp³-hybridized carbons (Fsp3) is 0.400. The number of carbonyl (C=O) groups excluding carboxylic acids is 1. The highest BCUT2D eigenvalue weighted by Gasteiger charge is 2.35. The van der Waals surface area contributed by atoms with Crippen LogP contribution in [0.25, 0.3) is 11.4 Å². The van der Waals surface area contributed by atoms with Crippen molar-refractivity contribution < 1.29 is 27.4 Å². The molecule has 1 atom stereocenters. The van der Waals surface area contributed by atoms with E-state index in [2.05, 4.69) is 9.36 Å². The summed E-state index contributed by atoms with van der Waals surface area (Å²) in [7, 11) is 0. The number of aromatic nitrogens is 2. The number of thioether (sulfide) groups is 1. The van der Waals surface area contributed by atoms with Crippen LogP contribution in [0.4, 0.5) is 13.2 Å². The van der Waals surface area contributed by atoms with E-state index in [0.717, 1.165) is 34.9 Å². The van der Waals surface area contributed by atoms with Crippen molar-refractivity contribution in [3.63, 3.8) is 0 Å². The first-order valence-electron chi connectivity index (χ1n) is 11.2. The Morgan fingerprint density at radius 1 is 1.06 bits per heavy atom.